The smallest absolute Gasteiger partial charge is 0.267 e. The summed E-state index contributed by atoms with van der Waals surface area (Å²) in [6.07, 6.45) is 2.50. The van der Waals surface area contributed by atoms with Crippen LogP contribution in [0.4, 0.5) is 8.78 Å². The summed E-state index contributed by atoms with van der Waals surface area (Å²) in [5.74, 6) is -0.989. The molecule has 5 rings (SSSR count). The quantitative estimate of drug-likeness (QED) is 0.388. The molecule has 1 saturated heterocycles. The van der Waals surface area contributed by atoms with E-state index in [0.29, 0.717) is 42.2 Å². The van der Waals surface area contributed by atoms with Crippen molar-refractivity contribution in [3.63, 3.8) is 0 Å². The fourth-order valence-corrected chi connectivity index (χ4v) is 5.24. The number of aromatic hydroxyl groups is 1. The molecular weight excluding hydrogens is 500 g/mol. The zero-order valence-corrected chi connectivity index (χ0v) is 21.1. The van der Waals surface area contributed by atoms with Crippen LogP contribution >= 0.6 is 11.6 Å². The number of benzene rings is 2. The first kappa shape index (κ1) is 25.3. The molecule has 10 heteroatoms. The first-order valence-corrected chi connectivity index (χ1v) is 12.3. The Labute approximate surface area is 217 Å². The molecule has 2 atom stereocenters. The second-order valence-electron chi connectivity index (χ2n) is 9.59. The zero-order valence-electron chi connectivity index (χ0n) is 20.4. The molecule has 0 amide bonds. The van der Waals surface area contributed by atoms with Gasteiger partial charge in [-0.15, -0.1) is 0 Å². The molecule has 0 bridgehead atoms. The van der Waals surface area contributed by atoms with Gasteiger partial charge in [0.1, 0.15) is 24.1 Å². The number of aryl methyl sites for hydroxylation is 1. The number of hydrogen-bond acceptors (Lipinski definition) is 6. The van der Waals surface area contributed by atoms with E-state index in [1.54, 1.807) is 6.20 Å². The van der Waals surface area contributed by atoms with Crippen LogP contribution in [0, 0.1) is 12.7 Å². The van der Waals surface area contributed by atoms with Gasteiger partial charge in [-0.3, -0.25) is 9.36 Å². The number of halogens is 3. The molecule has 1 unspecified atom stereocenters. The van der Waals surface area contributed by atoms with Crippen LogP contribution in [-0.2, 0) is 6.54 Å². The van der Waals surface area contributed by atoms with Gasteiger partial charge in [0.15, 0.2) is 5.65 Å². The summed E-state index contributed by atoms with van der Waals surface area (Å²) in [4.78, 5) is 24.7. The number of hydrogen-bond donors (Lipinski definition) is 2. The van der Waals surface area contributed by atoms with Crippen LogP contribution in [0.1, 0.15) is 17.5 Å². The number of likely N-dealkylation sites (N-methyl/N-ethyl adjacent to an activating group) is 1. The van der Waals surface area contributed by atoms with Gasteiger partial charge in [-0.2, -0.15) is 0 Å². The van der Waals surface area contributed by atoms with Crippen LogP contribution in [0.3, 0.4) is 0 Å². The summed E-state index contributed by atoms with van der Waals surface area (Å²) >= 11 is 6.36. The zero-order chi connectivity index (χ0) is 26.3. The van der Waals surface area contributed by atoms with Crippen LogP contribution < -0.4 is 10.9 Å². The molecule has 2 N–H and O–H groups in total. The van der Waals surface area contributed by atoms with Gasteiger partial charge in [-0.05, 0) is 55.3 Å². The fraction of sp³-hybridized carbons (Fsp3) is 0.296. The van der Waals surface area contributed by atoms with Crippen molar-refractivity contribution in [3.8, 4) is 22.6 Å². The minimum Gasteiger partial charge on any atom is -0.508 e. The SMILES string of the molecule is Cc1cc(Cl)cc(-c2cnc3ncn(-c4cc(O)cc(F)c4)c(=O)c3c2CN(C)C[C@@H]2CC(F)CN2)c1. The molecule has 4 aromatic rings. The van der Waals surface area contributed by atoms with Gasteiger partial charge >= 0.3 is 0 Å². The lowest BCUT2D eigenvalue weighted by Crippen LogP contribution is -2.35. The molecule has 0 spiro atoms. The number of alkyl halides is 1. The van der Waals surface area contributed by atoms with E-state index in [1.807, 2.05) is 37.1 Å². The van der Waals surface area contributed by atoms with Gasteiger partial charge in [0.05, 0.1) is 11.1 Å². The largest absolute Gasteiger partial charge is 0.508 e. The summed E-state index contributed by atoms with van der Waals surface area (Å²) in [5, 5.41) is 13.9. The number of nitrogens with zero attached hydrogens (tertiary/aromatic N) is 4. The Morgan fingerprint density at radius 1 is 1.22 bits per heavy atom. The summed E-state index contributed by atoms with van der Waals surface area (Å²) < 4.78 is 29.0. The van der Waals surface area contributed by atoms with E-state index in [4.69, 9.17) is 11.6 Å². The third-order valence-electron chi connectivity index (χ3n) is 6.52. The molecule has 7 nitrogen and oxygen atoms in total. The fourth-order valence-electron chi connectivity index (χ4n) is 4.95. The first-order valence-electron chi connectivity index (χ1n) is 11.9. The van der Waals surface area contributed by atoms with E-state index >= 15 is 0 Å². The highest BCUT2D eigenvalue weighted by molar-refractivity contribution is 6.31. The monoisotopic (exact) mass is 525 g/mol. The molecule has 37 heavy (non-hydrogen) atoms. The highest BCUT2D eigenvalue weighted by atomic mass is 35.5. The van der Waals surface area contributed by atoms with Crippen LogP contribution in [0.5, 0.6) is 5.75 Å². The number of phenols is 1. The van der Waals surface area contributed by atoms with Crippen molar-refractivity contribution in [3.05, 3.63) is 81.2 Å². The number of aromatic nitrogens is 3. The predicted octanol–water partition coefficient (Wildman–Crippen LogP) is 4.39. The lowest BCUT2D eigenvalue weighted by atomic mass is 9.97. The van der Waals surface area contributed by atoms with Crippen LogP contribution in [0.25, 0.3) is 27.8 Å². The van der Waals surface area contributed by atoms with Crippen molar-refractivity contribution in [2.75, 3.05) is 20.1 Å². The van der Waals surface area contributed by atoms with Gasteiger partial charge in [0.2, 0.25) is 0 Å². The molecule has 1 fully saturated rings. The lowest BCUT2D eigenvalue weighted by Gasteiger charge is -2.23. The highest BCUT2D eigenvalue weighted by Gasteiger charge is 2.25. The molecule has 2 aromatic heterocycles. The minimum atomic E-state index is -0.871. The molecule has 0 radical (unpaired) electrons. The summed E-state index contributed by atoms with van der Waals surface area (Å²) in [5.41, 5.74) is 3.07. The Morgan fingerprint density at radius 3 is 2.73 bits per heavy atom. The van der Waals surface area contributed by atoms with Crippen molar-refractivity contribution in [1.29, 1.82) is 0 Å². The maximum atomic E-state index is 14.0. The number of phenolic OH excluding ortho intramolecular Hbond substituents is 1. The Morgan fingerprint density at radius 2 is 2.03 bits per heavy atom. The average Bonchev–Trinajstić information content (AvgIpc) is 3.22. The maximum Gasteiger partial charge on any atom is 0.267 e. The lowest BCUT2D eigenvalue weighted by molar-refractivity contribution is 0.285. The molecule has 1 aliphatic rings. The average molecular weight is 526 g/mol. The van der Waals surface area contributed by atoms with E-state index in [-0.39, 0.29) is 28.5 Å². The summed E-state index contributed by atoms with van der Waals surface area (Å²) in [7, 11) is 1.91. The first-order chi connectivity index (χ1) is 17.7. The van der Waals surface area contributed by atoms with Gasteiger partial charge < -0.3 is 15.3 Å². The molecule has 1 aliphatic heterocycles. The maximum absolute atomic E-state index is 14.0. The van der Waals surface area contributed by atoms with Crippen molar-refractivity contribution in [2.24, 2.45) is 0 Å². The summed E-state index contributed by atoms with van der Waals surface area (Å²) in [6, 6.07) is 9.02. The molecule has 0 aliphatic carbocycles. The Bertz CT molecular complexity index is 1500. The molecular formula is C27H26ClF2N5O2. The van der Waals surface area contributed by atoms with E-state index in [0.717, 1.165) is 23.3 Å². The van der Waals surface area contributed by atoms with E-state index < -0.39 is 17.5 Å². The molecule has 192 valence electrons. The Balaban J connectivity index is 1.68. The van der Waals surface area contributed by atoms with Crippen molar-refractivity contribution in [1.82, 2.24) is 24.8 Å². The number of nitrogens with one attached hydrogen (secondary N) is 1. The van der Waals surface area contributed by atoms with Crippen LogP contribution in [0.2, 0.25) is 5.02 Å². The van der Waals surface area contributed by atoms with Crippen LogP contribution in [-0.4, -0.2) is 56.9 Å². The number of rotatable bonds is 6. The molecule has 2 aromatic carbocycles. The highest BCUT2D eigenvalue weighted by Crippen LogP contribution is 2.31. The van der Waals surface area contributed by atoms with Crippen molar-refractivity contribution in [2.45, 2.75) is 32.1 Å². The van der Waals surface area contributed by atoms with Crippen LogP contribution in [0.15, 0.2) is 53.7 Å². The van der Waals surface area contributed by atoms with Gasteiger partial charge in [0, 0.05) is 54.6 Å². The number of fused-ring (bicyclic) bond motifs is 1. The molecule has 0 saturated carbocycles. The summed E-state index contributed by atoms with van der Waals surface area (Å²) in [6.45, 7) is 3.19. The second kappa shape index (κ2) is 10.2. The van der Waals surface area contributed by atoms with Gasteiger partial charge in [-0.1, -0.05) is 17.7 Å². The predicted molar refractivity (Wildman–Crippen MR) is 140 cm³/mol. The second-order valence-corrected chi connectivity index (χ2v) is 10.0. The standard InChI is InChI=1S/C27H26ClF2N5O2/c1-15-3-16(5-17(28)4-15)23-11-32-26-25(24(23)13-34(2)12-20-6-19(30)10-31-20)27(37)35(14-33-26)21-7-18(29)8-22(36)9-21/h3-5,7-9,11,14,19-20,31,36H,6,10,12-13H2,1-2H3/t19?,20-/m0/s1. The van der Waals surface area contributed by atoms with Gasteiger partial charge in [0.25, 0.3) is 5.56 Å². The Hall–Kier alpha value is -3.40. The topological polar surface area (TPSA) is 83.3 Å². The minimum absolute atomic E-state index is 0.00461. The van der Waals surface area contributed by atoms with Crippen molar-refractivity contribution < 1.29 is 13.9 Å². The van der Waals surface area contributed by atoms with Gasteiger partial charge in [-0.25, -0.2) is 18.7 Å². The number of pyridine rings is 1. The molecule has 3 heterocycles. The van der Waals surface area contributed by atoms with E-state index in [9.17, 15) is 18.7 Å². The normalized spacial score (nSPS) is 17.7. The van der Waals surface area contributed by atoms with Crippen molar-refractivity contribution >= 4 is 22.6 Å². The Kier molecular flexibility index (Phi) is 6.94. The van der Waals surface area contributed by atoms with E-state index in [2.05, 4.69) is 15.3 Å². The third-order valence-corrected chi connectivity index (χ3v) is 6.74. The van der Waals surface area contributed by atoms with E-state index in [1.165, 1.54) is 17.0 Å². The third kappa shape index (κ3) is 5.34.